The summed E-state index contributed by atoms with van der Waals surface area (Å²) in [6.07, 6.45) is 9.36. The Labute approximate surface area is 199 Å². The van der Waals surface area contributed by atoms with E-state index in [1.54, 1.807) is 29.4 Å². The first kappa shape index (κ1) is 22.1. The highest BCUT2D eigenvalue weighted by Crippen LogP contribution is 2.35. The molecule has 34 heavy (non-hydrogen) atoms. The number of piperazine rings is 1. The molecule has 2 aromatic heterocycles. The van der Waals surface area contributed by atoms with E-state index in [2.05, 4.69) is 34.2 Å². The van der Waals surface area contributed by atoms with Gasteiger partial charge in [0.2, 0.25) is 5.91 Å². The molecule has 3 heterocycles. The topological polar surface area (TPSA) is 87.3 Å². The minimum atomic E-state index is -0.154. The van der Waals surface area contributed by atoms with Crippen LogP contribution in [0.4, 0.5) is 0 Å². The van der Waals surface area contributed by atoms with Gasteiger partial charge in [0, 0.05) is 56.1 Å². The van der Waals surface area contributed by atoms with Gasteiger partial charge >= 0.3 is 0 Å². The third kappa shape index (κ3) is 4.39. The molecule has 1 saturated heterocycles. The van der Waals surface area contributed by atoms with E-state index in [1.165, 1.54) is 0 Å². The van der Waals surface area contributed by atoms with Crippen molar-refractivity contribution in [3.8, 4) is 11.8 Å². The molecule has 0 bridgehead atoms. The first-order chi connectivity index (χ1) is 16.5. The van der Waals surface area contributed by atoms with Gasteiger partial charge in [-0.05, 0) is 56.5 Å². The molecule has 1 amide bonds. The first-order valence-electron chi connectivity index (χ1n) is 11.7. The van der Waals surface area contributed by atoms with Crippen LogP contribution >= 0.6 is 0 Å². The van der Waals surface area contributed by atoms with Crippen molar-refractivity contribution in [1.29, 1.82) is 5.26 Å². The molecule has 1 aliphatic carbocycles. The predicted molar refractivity (Wildman–Crippen MR) is 129 cm³/mol. The molecule has 1 aliphatic heterocycles. The molecule has 2 aliphatic rings. The summed E-state index contributed by atoms with van der Waals surface area (Å²) >= 11 is 0. The molecule has 8 heteroatoms. The fourth-order valence-corrected chi connectivity index (χ4v) is 4.66. The quantitative estimate of drug-likeness (QED) is 0.560. The molecule has 1 atom stereocenters. The van der Waals surface area contributed by atoms with Crippen molar-refractivity contribution < 1.29 is 9.53 Å². The van der Waals surface area contributed by atoms with Gasteiger partial charge in [0.05, 0.1) is 23.0 Å². The minimum absolute atomic E-state index is 0.00182. The Morgan fingerprint density at radius 1 is 1.21 bits per heavy atom. The summed E-state index contributed by atoms with van der Waals surface area (Å²) in [5, 5.41) is 14.6. The summed E-state index contributed by atoms with van der Waals surface area (Å²) in [4.78, 5) is 21.2. The van der Waals surface area contributed by atoms with E-state index in [0.717, 1.165) is 78.9 Å². The van der Waals surface area contributed by atoms with E-state index in [9.17, 15) is 10.1 Å². The van der Waals surface area contributed by atoms with Crippen molar-refractivity contribution in [2.24, 2.45) is 0 Å². The van der Waals surface area contributed by atoms with E-state index in [-0.39, 0.29) is 12.0 Å². The fourth-order valence-electron chi connectivity index (χ4n) is 4.66. The van der Waals surface area contributed by atoms with Crippen LogP contribution in [-0.2, 0) is 11.2 Å². The number of aromatic nitrogens is 3. The van der Waals surface area contributed by atoms with Crippen molar-refractivity contribution in [2.45, 2.75) is 32.3 Å². The number of nitrogens with zero attached hydrogens (tertiary/aromatic N) is 6. The molecule has 0 spiro atoms. The molecule has 0 saturated carbocycles. The second kappa shape index (κ2) is 9.27. The number of fused-ring (bicyclic) bond motifs is 2. The average Bonchev–Trinajstić information content (AvgIpc) is 3.24. The van der Waals surface area contributed by atoms with Gasteiger partial charge in [-0.1, -0.05) is 0 Å². The van der Waals surface area contributed by atoms with Crippen LogP contribution in [0, 0.1) is 18.3 Å². The molecular weight excluding hydrogens is 428 g/mol. The van der Waals surface area contributed by atoms with Gasteiger partial charge in [0.1, 0.15) is 17.9 Å². The normalized spacial score (nSPS) is 18.7. The predicted octanol–water partition coefficient (Wildman–Crippen LogP) is 3.31. The van der Waals surface area contributed by atoms with Crippen LogP contribution in [0.2, 0.25) is 0 Å². The summed E-state index contributed by atoms with van der Waals surface area (Å²) in [6, 6.07) is 8.13. The molecule has 3 aromatic rings. The maximum atomic E-state index is 12.6. The first-order valence-corrected chi connectivity index (χ1v) is 11.7. The number of hydrogen-bond donors (Lipinski definition) is 0. The number of likely N-dealkylation sites (N-methyl/N-ethyl adjacent to an activating group) is 1. The van der Waals surface area contributed by atoms with Gasteiger partial charge in [-0.25, -0.2) is 4.68 Å². The highest BCUT2D eigenvalue weighted by molar-refractivity contribution is 5.91. The molecule has 174 valence electrons. The molecule has 0 unspecified atom stereocenters. The maximum Gasteiger partial charge on any atom is 0.248 e. The molecule has 0 N–H and O–H groups in total. The Hall–Kier alpha value is -3.70. The van der Waals surface area contributed by atoms with Crippen molar-refractivity contribution in [3.05, 3.63) is 59.1 Å². The second-order valence-electron chi connectivity index (χ2n) is 9.09. The number of pyridine rings is 1. The number of hydrogen-bond acceptors (Lipinski definition) is 6. The molecule has 5 rings (SSSR count). The van der Waals surface area contributed by atoms with Crippen molar-refractivity contribution in [2.75, 3.05) is 33.2 Å². The van der Waals surface area contributed by atoms with Gasteiger partial charge in [-0.15, -0.1) is 0 Å². The molecule has 1 fully saturated rings. The lowest BCUT2D eigenvalue weighted by Crippen LogP contribution is -2.46. The number of amides is 1. The zero-order valence-electron chi connectivity index (χ0n) is 19.6. The SMILES string of the molecule is Cc1cc2cnn(/C=C\C(=O)N3CCN(C)CC3)c2cc1O[C@H]1CCCc2cc(C#N)cnc21. The summed E-state index contributed by atoms with van der Waals surface area (Å²) in [7, 11) is 2.07. The van der Waals surface area contributed by atoms with Gasteiger partial charge in [0.25, 0.3) is 0 Å². The zero-order valence-corrected chi connectivity index (χ0v) is 19.6. The third-order valence-electron chi connectivity index (χ3n) is 6.68. The minimum Gasteiger partial charge on any atom is -0.484 e. The smallest absolute Gasteiger partial charge is 0.248 e. The second-order valence-corrected chi connectivity index (χ2v) is 9.09. The molecular formula is C26H28N6O2. The highest BCUT2D eigenvalue weighted by Gasteiger charge is 2.24. The van der Waals surface area contributed by atoms with Gasteiger partial charge in [-0.3, -0.25) is 9.78 Å². The lowest BCUT2D eigenvalue weighted by Gasteiger charge is -2.31. The van der Waals surface area contributed by atoms with Crippen LogP contribution in [-0.4, -0.2) is 63.7 Å². The van der Waals surface area contributed by atoms with Crippen LogP contribution < -0.4 is 4.74 Å². The Balaban J connectivity index is 1.38. The largest absolute Gasteiger partial charge is 0.484 e. The fraction of sp³-hybridized carbons (Fsp3) is 0.385. The number of nitriles is 1. The number of carbonyl (C=O) groups is 1. The Morgan fingerprint density at radius 3 is 2.82 bits per heavy atom. The van der Waals surface area contributed by atoms with Crippen LogP contribution in [0.3, 0.4) is 0 Å². The number of aryl methyl sites for hydroxylation is 2. The monoisotopic (exact) mass is 456 g/mol. The van der Waals surface area contributed by atoms with E-state index in [0.29, 0.717) is 5.56 Å². The van der Waals surface area contributed by atoms with E-state index in [4.69, 9.17) is 4.74 Å². The van der Waals surface area contributed by atoms with E-state index in [1.807, 2.05) is 24.0 Å². The van der Waals surface area contributed by atoms with Crippen LogP contribution in [0.25, 0.3) is 17.1 Å². The standard InChI is InChI=1S/C26H28N6O2/c1-18-12-21-17-29-32(7-6-25(33)31-10-8-30(2)9-11-31)22(21)14-24(18)34-23-5-3-4-20-13-19(15-27)16-28-26(20)23/h6-7,12-14,16-17,23H,3-5,8-11H2,1-2H3/b7-6-/t23-/m0/s1. The number of ether oxygens (including phenoxy) is 1. The van der Waals surface area contributed by atoms with Gasteiger partial charge in [0.15, 0.2) is 0 Å². The van der Waals surface area contributed by atoms with Crippen molar-refractivity contribution in [3.63, 3.8) is 0 Å². The number of rotatable bonds is 4. The Morgan fingerprint density at radius 2 is 2.03 bits per heavy atom. The Bertz CT molecular complexity index is 1300. The average molecular weight is 457 g/mol. The summed E-state index contributed by atoms with van der Waals surface area (Å²) in [5.74, 6) is 0.777. The van der Waals surface area contributed by atoms with Gasteiger partial charge < -0.3 is 14.5 Å². The highest BCUT2D eigenvalue weighted by atomic mass is 16.5. The summed E-state index contributed by atoms with van der Waals surface area (Å²) in [6.45, 7) is 5.28. The van der Waals surface area contributed by atoms with E-state index >= 15 is 0 Å². The molecule has 1 aromatic carbocycles. The Kier molecular flexibility index (Phi) is 6.03. The van der Waals surface area contributed by atoms with Crippen LogP contribution in [0.5, 0.6) is 5.75 Å². The van der Waals surface area contributed by atoms with Crippen LogP contribution in [0.15, 0.2) is 36.7 Å². The van der Waals surface area contributed by atoms with Crippen molar-refractivity contribution in [1.82, 2.24) is 24.6 Å². The maximum absolute atomic E-state index is 12.6. The summed E-state index contributed by atoms with van der Waals surface area (Å²) in [5.41, 5.74) is 4.48. The molecule has 0 radical (unpaired) electrons. The third-order valence-corrected chi connectivity index (χ3v) is 6.68. The van der Waals surface area contributed by atoms with E-state index < -0.39 is 0 Å². The number of carbonyl (C=O) groups excluding carboxylic acids is 1. The van der Waals surface area contributed by atoms with Crippen molar-refractivity contribution >= 4 is 23.0 Å². The zero-order chi connectivity index (χ0) is 23.7. The lowest BCUT2D eigenvalue weighted by atomic mass is 9.92. The number of benzene rings is 1. The van der Waals surface area contributed by atoms with Crippen LogP contribution in [0.1, 0.15) is 41.3 Å². The van der Waals surface area contributed by atoms with Gasteiger partial charge in [-0.2, -0.15) is 10.4 Å². The lowest BCUT2D eigenvalue weighted by molar-refractivity contribution is -0.127. The molecule has 8 nitrogen and oxygen atoms in total. The summed E-state index contributed by atoms with van der Waals surface area (Å²) < 4.78 is 8.18.